The van der Waals surface area contributed by atoms with Crippen molar-refractivity contribution in [1.29, 1.82) is 0 Å². The standard InChI is InChI=1S/C17H31F.C12H12F4/c1-2-3-14-4-8-16(9-5-14)17-10-6-15(7-11-17)12-13-18;13-9-3-1-7(2-4-9)8-5-10(14)12(16)11(15)6-8/h14-17H,2-13H2,1H3;5-7,9H,1-4H2. The van der Waals surface area contributed by atoms with Crippen molar-refractivity contribution in [3.05, 3.63) is 35.1 Å². The van der Waals surface area contributed by atoms with Crippen LogP contribution in [0.4, 0.5) is 22.0 Å². The summed E-state index contributed by atoms with van der Waals surface area (Å²) in [6, 6.07) is 2.03. The molecule has 5 heteroatoms. The van der Waals surface area contributed by atoms with Crippen molar-refractivity contribution in [2.24, 2.45) is 23.7 Å². The molecule has 0 nitrogen and oxygen atoms in total. The molecule has 0 saturated heterocycles. The van der Waals surface area contributed by atoms with Gasteiger partial charge in [-0.15, -0.1) is 0 Å². The Labute approximate surface area is 203 Å². The van der Waals surface area contributed by atoms with E-state index >= 15 is 0 Å². The van der Waals surface area contributed by atoms with Crippen LogP contribution in [0.3, 0.4) is 0 Å². The summed E-state index contributed by atoms with van der Waals surface area (Å²) in [5, 5.41) is 0. The van der Waals surface area contributed by atoms with Crippen molar-refractivity contribution >= 4 is 0 Å². The van der Waals surface area contributed by atoms with E-state index in [2.05, 4.69) is 6.92 Å². The highest BCUT2D eigenvalue weighted by Gasteiger charge is 2.30. The van der Waals surface area contributed by atoms with Gasteiger partial charge in [0.1, 0.15) is 6.17 Å². The predicted octanol–water partition coefficient (Wildman–Crippen LogP) is 9.86. The molecular weight excluding hydrogens is 443 g/mol. The van der Waals surface area contributed by atoms with E-state index in [0.717, 1.165) is 36.3 Å². The monoisotopic (exact) mass is 486 g/mol. The normalized spacial score (nSPS) is 32.1. The average Bonchev–Trinajstić information content (AvgIpc) is 2.85. The van der Waals surface area contributed by atoms with Crippen LogP contribution < -0.4 is 0 Å². The average molecular weight is 487 g/mol. The van der Waals surface area contributed by atoms with E-state index < -0.39 is 23.6 Å². The molecule has 194 valence electrons. The molecule has 3 fully saturated rings. The molecule has 0 atom stereocenters. The number of hydrogen-bond acceptors (Lipinski definition) is 0. The van der Waals surface area contributed by atoms with Crippen molar-refractivity contribution < 1.29 is 22.0 Å². The Bertz CT molecular complexity index is 664. The van der Waals surface area contributed by atoms with Gasteiger partial charge < -0.3 is 0 Å². The number of halogens is 5. The van der Waals surface area contributed by atoms with Crippen LogP contribution in [0.25, 0.3) is 0 Å². The molecule has 4 rings (SSSR count). The van der Waals surface area contributed by atoms with E-state index in [1.165, 1.54) is 64.2 Å². The lowest BCUT2D eigenvalue weighted by Gasteiger charge is -2.37. The molecule has 0 bridgehead atoms. The quantitative estimate of drug-likeness (QED) is 0.277. The highest BCUT2D eigenvalue weighted by Crippen LogP contribution is 2.42. The summed E-state index contributed by atoms with van der Waals surface area (Å²) in [4.78, 5) is 0. The third-order valence-electron chi connectivity index (χ3n) is 8.80. The summed E-state index contributed by atoms with van der Waals surface area (Å²) < 4.78 is 63.9. The SMILES string of the molecule is CCCC1CCC(C2CCC(CCF)CC2)CC1.Fc1cc(C2CCC(F)CC2)cc(F)c1F. The van der Waals surface area contributed by atoms with Gasteiger partial charge in [0.25, 0.3) is 0 Å². The van der Waals surface area contributed by atoms with Crippen LogP contribution in [0.2, 0.25) is 0 Å². The van der Waals surface area contributed by atoms with Gasteiger partial charge in [-0.3, -0.25) is 4.39 Å². The molecule has 3 saturated carbocycles. The van der Waals surface area contributed by atoms with Gasteiger partial charge in [0, 0.05) is 0 Å². The van der Waals surface area contributed by atoms with Crippen LogP contribution >= 0.6 is 0 Å². The predicted molar refractivity (Wildman–Crippen MR) is 129 cm³/mol. The summed E-state index contributed by atoms with van der Waals surface area (Å²) >= 11 is 0. The lowest BCUT2D eigenvalue weighted by molar-refractivity contribution is 0.138. The Kier molecular flexibility index (Phi) is 11.2. The van der Waals surface area contributed by atoms with Crippen molar-refractivity contribution in [2.75, 3.05) is 6.67 Å². The molecule has 0 aromatic heterocycles. The van der Waals surface area contributed by atoms with Crippen molar-refractivity contribution in [2.45, 2.75) is 115 Å². The molecule has 3 aliphatic carbocycles. The second-order valence-electron chi connectivity index (χ2n) is 11.1. The molecule has 0 N–H and O–H groups in total. The van der Waals surface area contributed by atoms with Crippen LogP contribution in [0.1, 0.15) is 115 Å². The summed E-state index contributed by atoms with van der Waals surface area (Å²) in [5.41, 5.74) is 0.434. The second-order valence-corrected chi connectivity index (χ2v) is 11.1. The first-order valence-corrected chi connectivity index (χ1v) is 13.8. The van der Waals surface area contributed by atoms with Crippen molar-refractivity contribution in [3.63, 3.8) is 0 Å². The number of alkyl halides is 2. The van der Waals surface area contributed by atoms with Gasteiger partial charge in [-0.25, -0.2) is 17.6 Å². The van der Waals surface area contributed by atoms with Crippen LogP contribution in [0.15, 0.2) is 12.1 Å². The molecule has 34 heavy (non-hydrogen) atoms. The summed E-state index contributed by atoms with van der Waals surface area (Å²) in [6.07, 6.45) is 16.1. The van der Waals surface area contributed by atoms with Gasteiger partial charge in [-0.1, -0.05) is 45.4 Å². The number of benzene rings is 1. The van der Waals surface area contributed by atoms with E-state index in [4.69, 9.17) is 0 Å². The maximum absolute atomic E-state index is 13.0. The molecule has 0 unspecified atom stereocenters. The maximum Gasteiger partial charge on any atom is 0.194 e. The van der Waals surface area contributed by atoms with Crippen LogP contribution in [0, 0.1) is 41.1 Å². The molecule has 0 amide bonds. The van der Waals surface area contributed by atoms with Crippen LogP contribution in [-0.4, -0.2) is 12.8 Å². The third kappa shape index (κ3) is 7.95. The fourth-order valence-electron chi connectivity index (χ4n) is 6.66. The van der Waals surface area contributed by atoms with Gasteiger partial charge in [0.15, 0.2) is 17.5 Å². The summed E-state index contributed by atoms with van der Waals surface area (Å²) in [6.45, 7) is 2.22. The minimum Gasteiger partial charge on any atom is -0.251 e. The smallest absolute Gasteiger partial charge is 0.194 e. The highest BCUT2D eigenvalue weighted by atomic mass is 19.2. The molecule has 1 aromatic rings. The maximum atomic E-state index is 13.0. The molecule has 3 aliphatic rings. The highest BCUT2D eigenvalue weighted by molar-refractivity contribution is 5.23. The first-order chi connectivity index (χ1) is 16.4. The van der Waals surface area contributed by atoms with E-state index in [0.29, 0.717) is 37.2 Å². The van der Waals surface area contributed by atoms with E-state index in [1.807, 2.05) is 0 Å². The zero-order chi connectivity index (χ0) is 24.5. The zero-order valence-corrected chi connectivity index (χ0v) is 20.8. The topological polar surface area (TPSA) is 0 Å². The molecule has 0 spiro atoms. The lowest BCUT2D eigenvalue weighted by atomic mass is 9.68. The van der Waals surface area contributed by atoms with Gasteiger partial charge in [0.2, 0.25) is 0 Å². The second kappa shape index (κ2) is 13.8. The Balaban J connectivity index is 0.000000192. The van der Waals surface area contributed by atoms with Crippen LogP contribution in [-0.2, 0) is 0 Å². The van der Waals surface area contributed by atoms with Gasteiger partial charge in [-0.2, -0.15) is 0 Å². The van der Waals surface area contributed by atoms with Gasteiger partial charge in [0.05, 0.1) is 6.67 Å². The minimum atomic E-state index is -1.44. The Morgan fingerprint density at radius 3 is 1.59 bits per heavy atom. The number of rotatable bonds is 6. The van der Waals surface area contributed by atoms with Crippen LogP contribution in [0.5, 0.6) is 0 Å². The van der Waals surface area contributed by atoms with Gasteiger partial charge >= 0.3 is 0 Å². The fourth-order valence-corrected chi connectivity index (χ4v) is 6.66. The van der Waals surface area contributed by atoms with E-state index in [-0.39, 0.29) is 12.6 Å². The summed E-state index contributed by atoms with van der Waals surface area (Å²) in [5.74, 6) is -0.0843. The van der Waals surface area contributed by atoms with E-state index in [1.54, 1.807) is 0 Å². The Morgan fingerprint density at radius 1 is 0.676 bits per heavy atom. The Morgan fingerprint density at radius 2 is 1.15 bits per heavy atom. The molecular formula is C29H43F5. The Hall–Kier alpha value is -1.13. The van der Waals surface area contributed by atoms with E-state index in [9.17, 15) is 22.0 Å². The molecule has 0 heterocycles. The van der Waals surface area contributed by atoms with Gasteiger partial charge in [-0.05, 0) is 105 Å². The third-order valence-corrected chi connectivity index (χ3v) is 8.80. The minimum absolute atomic E-state index is 0.0587. The summed E-state index contributed by atoms with van der Waals surface area (Å²) in [7, 11) is 0. The molecule has 0 radical (unpaired) electrons. The lowest BCUT2D eigenvalue weighted by Crippen LogP contribution is -2.26. The first kappa shape index (κ1) is 27.5. The molecule has 0 aliphatic heterocycles. The zero-order valence-electron chi connectivity index (χ0n) is 20.8. The molecule has 1 aromatic carbocycles. The largest absolute Gasteiger partial charge is 0.251 e. The van der Waals surface area contributed by atoms with Crippen molar-refractivity contribution in [3.8, 4) is 0 Å². The first-order valence-electron chi connectivity index (χ1n) is 13.8. The van der Waals surface area contributed by atoms with Crippen molar-refractivity contribution in [1.82, 2.24) is 0 Å². The fraction of sp³-hybridized carbons (Fsp3) is 0.793. The number of hydrogen-bond donors (Lipinski definition) is 0.